The summed E-state index contributed by atoms with van der Waals surface area (Å²) in [7, 11) is 0. The van der Waals surface area contributed by atoms with E-state index in [1.807, 2.05) is 0 Å². The summed E-state index contributed by atoms with van der Waals surface area (Å²) in [6.07, 6.45) is 0. The molecule has 0 aromatic heterocycles. The maximum Gasteiger partial charge on any atom is 0.142 e. The van der Waals surface area contributed by atoms with E-state index in [-0.39, 0.29) is 23.0 Å². The molecule has 1 aromatic rings. The Hall–Kier alpha value is -0.870. The molecule has 3 N–H and O–H groups in total. The van der Waals surface area contributed by atoms with Gasteiger partial charge in [0.1, 0.15) is 17.5 Å². The Morgan fingerprint density at radius 2 is 1.85 bits per heavy atom. The predicted octanol–water partition coefficient (Wildman–Crippen LogP) is 2.32. The molecule has 6 heteroatoms. The fourth-order valence-electron chi connectivity index (χ4n) is 0.729. The molecule has 0 saturated heterocycles. The monoisotopic (exact) mass is 226 g/mol. The fraction of sp³-hybridized carbons (Fsp3) is 0. The number of nitrogens with one attached hydrogen (secondary N) is 1. The molecule has 2 nitrogen and oxygen atoms in total. The van der Waals surface area contributed by atoms with E-state index in [1.54, 1.807) is 0 Å². The van der Waals surface area contributed by atoms with Crippen LogP contribution < -0.4 is 5.73 Å². The molecule has 1 rings (SSSR count). The van der Waals surface area contributed by atoms with Crippen molar-refractivity contribution < 1.29 is 8.78 Å². The molecule has 0 unspecified atom stereocenters. The first-order valence-corrected chi connectivity index (χ1v) is 3.39. The van der Waals surface area contributed by atoms with Crippen LogP contribution in [0.25, 0.3) is 0 Å². The summed E-state index contributed by atoms with van der Waals surface area (Å²) in [5, 5.41) is 6.55. The van der Waals surface area contributed by atoms with Gasteiger partial charge in [-0.25, -0.2) is 8.78 Å². The highest BCUT2D eigenvalue weighted by Gasteiger charge is 2.09. The average molecular weight is 227 g/mol. The molecule has 0 aliphatic heterocycles. The van der Waals surface area contributed by atoms with Gasteiger partial charge >= 0.3 is 0 Å². The molecule has 0 atom stereocenters. The minimum absolute atomic E-state index is 0. The van der Waals surface area contributed by atoms with Crippen molar-refractivity contribution in [1.29, 1.82) is 5.41 Å². The highest BCUT2D eigenvalue weighted by molar-refractivity contribution is 6.30. The molecule has 1 aromatic carbocycles. The minimum atomic E-state index is -0.797. The molecule has 0 fully saturated rings. The van der Waals surface area contributed by atoms with Crippen molar-refractivity contribution in [1.82, 2.24) is 0 Å². The highest BCUT2D eigenvalue weighted by Crippen LogP contribution is 2.18. The van der Waals surface area contributed by atoms with Crippen LogP contribution in [0, 0.1) is 17.0 Å². The van der Waals surface area contributed by atoms with Crippen LogP contribution in [-0.4, -0.2) is 5.84 Å². The second kappa shape index (κ2) is 4.39. The molecule has 72 valence electrons. The Morgan fingerprint density at radius 3 is 2.31 bits per heavy atom. The Bertz CT molecular complexity index is 342. The lowest BCUT2D eigenvalue weighted by Gasteiger charge is -2.01. The summed E-state index contributed by atoms with van der Waals surface area (Å²) in [6.45, 7) is 0. The van der Waals surface area contributed by atoms with Gasteiger partial charge in [-0.05, 0) is 12.1 Å². The smallest absolute Gasteiger partial charge is 0.142 e. The van der Waals surface area contributed by atoms with Gasteiger partial charge in [-0.15, -0.1) is 12.4 Å². The first kappa shape index (κ1) is 12.1. The van der Waals surface area contributed by atoms with Gasteiger partial charge in [-0.1, -0.05) is 11.6 Å². The van der Waals surface area contributed by atoms with Crippen molar-refractivity contribution >= 4 is 29.8 Å². The zero-order chi connectivity index (χ0) is 9.30. The molecule has 0 heterocycles. The van der Waals surface area contributed by atoms with Gasteiger partial charge in [0.2, 0.25) is 0 Å². The van der Waals surface area contributed by atoms with Gasteiger partial charge in [-0.3, -0.25) is 5.41 Å². The van der Waals surface area contributed by atoms with Gasteiger partial charge in [0, 0.05) is 0 Å². The van der Waals surface area contributed by atoms with E-state index < -0.39 is 17.5 Å². The fourth-order valence-corrected chi connectivity index (χ4v) is 0.879. The van der Waals surface area contributed by atoms with Crippen LogP contribution in [0.15, 0.2) is 12.1 Å². The summed E-state index contributed by atoms with van der Waals surface area (Å²) in [5.41, 5.74) is 4.69. The van der Waals surface area contributed by atoms with Crippen LogP contribution in [0.1, 0.15) is 5.56 Å². The molecule has 0 spiro atoms. The van der Waals surface area contributed by atoms with E-state index in [9.17, 15) is 8.78 Å². The summed E-state index contributed by atoms with van der Waals surface area (Å²) in [4.78, 5) is 0. The van der Waals surface area contributed by atoms with Gasteiger partial charge in [0.25, 0.3) is 0 Å². The molecular weight excluding hydrogens is 221 g/mol. The van der Waals surface area contributed by atoms with Crippen LogP contribution in [-0.2, 0) is 0 Å². The third-order valence-corrected chi connectivity index (χ3v) is 1.59. The lowest BCUT2D eigenvalue weighted by Crippen LogP contribution is -2.13. The third kappa shape index (κ3) is 2.54. The Morgan fingerprint density at radius 1 is 1.31 bits per heavy atom. The molecule has 0 aliphatic carbocycles. The van der Waals surface area contributed by atoms with Crippen LogP contribution in [0.4, 0.5) is 8.78 Å². The van der Waals surface area contributed by atoms with E-state index in [0.717, 1.165) is 12.1 Å². The molecule has 0 aliphatic rings. The molecule has 0 radical (unpaired) electrons. The SMILES string of the molecule is Cl.N=C(N)c1cc(F)c(Cl)cc1F. The van der Waals surface area contributed by atoms with Crippen molar-refractivity contribution in [2.75, 3.05) is 0 Å². The standard InChI is InChI=1S/C7H5ClF2N2.ClH/c8-4-2-5(9)3(7(11)12)1-6(4)10;/h1-2H,(H3,11,12);1H. The van der Waals surface area contributed by atoms with E-state index in [0.29, 0.717) is 0 Å². The first-order valence-electron chi connectivity index (χ1n) is 3.01. The molecule has 0 bridgehead atoms. The molecule has 13 heavy (non-hydrogen) atoms. The number of hydrogen-bond donors (Lipinski definition) is 2. The minimum Gasteiger partial charge on any atom is -0.384 e. The van der Waals surface area contributed by atoms with E-state index in [4.69, 9.17) is 22.7 Å². The van der Waals surface area contributed by atoms with E-state index >= 15 is 0 Å². The number of nitrogen functional groups attached to an aromatic ring is 1. The van der Waals surface area contributed by atoms with E-state index in [2.05, 4.69) is 0 Å². The second-order valence-electron chi connectivity index (χ2n) is 2.16. The third-order valence-electron chi connectivity index (χ3n) is 1.30. The van der Waals surface area contributed by atoms with Gasteiger partial charge in [0.15, 0.2) is 0 Å². The van der Waals surface area contributed by atoms with Crippen molar-refractivity contribution in [3.05, 3.63) is 34.4 Å². The number of halogens is 4. The molecular formula is C7H6Cl2F2N2. The average Bonchev–Trinajstić information content (AvgIpc) is 1.96. The summed E-state index contributed by atoms with van der Waals surface area (Å²) in [6, 6.07) is 1.58. The van der Waals surface area contributed by atoms with Crippen molar-refractivity contribution in [3.8, 4) is 0 Å². The highest BCUT2D eigenvalue weighted by atomic mass is 35.5. The van der Waals surface area contributed by atoms with Crippen molar-refractivity contribution in [3.63, 3.8) is 0 Å². The Labute approximate surface area is 84.6 Å². The maximum atomic E-state index is 12.8. The van der Waals surface area contributed by atoms with Crippen molar-refractivity contribution in [2.24, 2.45) is 5.73 Å². The van der Waals surface area contributed by atoms with E-state index in [1.165, 1.54) is 0 Å². The normalized spacial score (nSPS) is 9.15. The molecule has 0 amide bonds. The Kier molecular flexibility index (Phi) is 4.10. The summed E-state index contributed by atoms with van der Waals surface area (Å²) in [5.74, 6) is -2.11. The number of hydrogen-bond acceptors (Lipinski definition) is 1. The van der Waals surface area contributed by atoms with Gasteiger partial charge in [-0.2, -0.15) is 0 Å². The number of nitrogens with two attached hydrogens (primary N) is 1. The molecule has 0 saturated carbocycles. The van der Waals surface area contributed by atoms with Crippen LogP contribution in [0.3, 0.4) is 0 Å². The lowest BCUT2D eigenvalue weighted by atomic mass is 10.2. The Balaban J connectivity index is 0.00000144. The topological polar surface area (TPSA) is 49.9 Å². The quantitative estimate of drug-likeness (QED) is 0.431. The first-order chi connectivity index (χ1) is 5.52. The number of amidine groups is 1. The zero-order valence-corrected chi connectivity index (χ0v) is 7.85. The number of benzene rings is 1. The summed E-state index contributed by atoms with van der Waals surface area (Å²) >= 11 is 5.26. The van der Waals surface area contributed by atoms with Crippen LogP contribution in [0.5, 0.6) is 0 Å². The second-order valence-corrected chi connectivity index (χ2v) is 2.57. The maximum absolute atomic E-state index is 12.8. The van der Waals surface area contributed by atoms with Crippen LogP contribution >= 0.6 is 24.0 Å². The van der Waals surface area contributed by atoms with Gasteiger partial charge < -0.3 is 5.73 Å². The van der Waals surface area contributed by atoms with Gasteiger partial charge in [0.05, 0.1) is 10.6 Å². The number of rotatable bonds is 1. The predicted molar refractivity (Wildman–Crippen MR) is 49.6 cm³/mol. The lowest BCUT2D eigenvalue weighted by molar-refractivity contribution is 0.598. The van der Waals surface area contributed by atoms with Crippen molar-refractivity contribution in [2.45, 2.75) is 0 Å². The van der Waals surface area contributed by atoms with Crippen LogP contribution in [0.2, 0.25) is 5.02 Å². The largest absolute Gasteiger partial charge is 0.384 e. The zero-order valence-electron chi connectivity index (χ0n) is 6.27. The summed E-state index contributed by atoms with van der Waals surface area (Å²) < 4.78 is 25.5.